The van der Waals surface area contributed by atoms with E-state index in [1.807, 2.05) is 18.7 Å². The Morgan fingerprint density at radius 2 is 2.16 bits per heavy atom. The fourth-order valence-electron chi connectivity index (χ4n) is 2.68. The van der Waals surface area contributed by atoms with Gasteiger partial charge in [0.1, 0.15) is 0 Å². The highest BCUT2D eigenvalue weighted by atomic mass is 32.2. The topological polar surface area (TPSA) is 63.1 Å². The van der Waals surface area contributed by atoms with E-state index in [2.05, 4.69) is 17.0 Å². The van der Waals surface area contributed by atoms with Gasteiger partial charge >= 0.3 is 0 Å². The van der Waals surface area contributed by atoms with Crippen LogP contribution in [0.1, 0.15) is 31.9 Å². The molecule has 5 nitrogen and oxygen atoms in total. The fourth-order valence-corrected chi connectivity index (χ4v) is 4.06. The van der Waals surface area contributed by atoms with Crippen LogP contribution in [0.15, 0.2) is 17.2 Å². The molecule has 1 saturated carbocycles. The van der Waals surface area contributed by atoms with Gasteiger partial charge in [-0.25, -0.2) is 13.1 Å². The van der Waals surface area contributed by atoms with E-state index in [0.29, 0.717) is 17.4 Å². The van der Waals surface area contributed by atoms with Crippen molar-refractivity contribution in [2.24, 2.45) is 13.0 Å². The maximum Gasteiger partial charge on any atom is 0.242 e. The van der Waals surface area contributed by atoms with Crippen molar-refractivity contribution in [1.82, 2.24) is 14.6 Å². The lowest BCUT2D eigenvalue weighted by atomic mass is 10.1. The normalized spacial score (nSPS) is 23.9. The highest BCUT2D eigenvalue weighted by Crippen LogP contribution is 2.26. The average molecular weight is 285 g/mol. The van der Waals surface area contributed by atoms with Crippen LogP contribution in [0.5, 0.6) is 0 Å². The van der Waals surface area contributed by atoms with Crippen LogP contribution in [0.25, 0.3) is 0 Å². The largest absolute Gasteiger partial charge is 0.352 e. The first-order chi connectivity index (χ1) is 8.92. The molecule has 2 unspecified atom stereocenters. The molecule has 1 aliphatic carbocycles. The molecule has 1 aliphatic rings. The van der Waals surface area contributed by atoms with Gasteiger partial charge in [-0.05, 0) is 38.3 Å². The van der Waals surface area contributed by atoms with Gasteiger partial charge in [-0.1, -0.05) is 6.92 Å². The quantitative estimate of drug-likeness (QED) is 0.855. The second-order valence-electron chi connectivity index (χ2n) is 5.54. The first kappa shape index (κ1) is 14.6. The maximum absolute atomic E-state index is 12.3. The highest BCUT2D eigenvalue weighted by Gasteiger charge is 2.27. The molecule has 19 heavy (non-hydrogen) atoms. The molecule has 2 N–H and O–H groups in total. The minimum atomic E-state index is -3.39. The number of aryl methyl sites for hydroxylation is 1. The first-order valence-corrected chi connectivity index (χ1v) is 8.23. The van der Waals surface area contributed by atoms with Gasteiger partial charge in [0.15, 0.2) is 0 Å². The second kappa shape index (κ2) is 5.64. The second-order valence-corrected chi connectivity index (χ2v) is 7.26. The van der Waals surface area contributed by atoms with Crippen molar-refractivity contribution < 1.29 is 8.42 Å². The fraction of sp³-hybridized carbons (Fsp3) is 0.692. The molecule has 0 bridgehead atoms. The monoisotopic (exact) mass is 285 g/mol. The Bertz CT molecular complexity index is 536. The minimum Gasteiger partial charge on any atom is -0.352 e. The first-order valence-electron chi connectivity index (χ1n) is 6.74. The van der Waals surface area contributed by atoms with Crippen LogP contribution >= 0.6 is 0 Å². The SMILES string of the molecule is CNCc1cc(S(=O)(=O)NC2CCC(C)C2)cn1C. The van der Waals surface area contributed by atoms with E-state index in [4.69, 9.17) is 0 Å². The summed E-state index contributed by atoms with van der Waals surface area (Å²) in [4.78, 5) is 0.361. The predicted octanol–water partition coefficient (Wildman–Crippen LogP) is 1.21. The summed E-state index contributed by atoms with van der Waals surface area (Å²) in [7, 11) is 0.325. The van der Waals surface area contributed by atoms with Crippen molar-refractivity contribution in [1.29, 1.82) is 0 Å². The Kier molecular flexibility index (Phi) is 4.32. The summed E-state index contributed by atoms with van der Waals surface area (Å²) in [6.07, 6.45) is 4.66. The Morgan fingerprint density at radius 1 is 1.42 bits per heavy atom. The van der Waals surface area contributed by atoms with Crippen LogP contribution in [0.3, 0.4) is 0 Å². The van der Waals surface area contributed by atoms with E-state index in [-0.39, 0.29) is 6.04 Å². The standard InChI is InChI=1S/C13H23N3O2S/c1-10-4-5-11(6-10)15-19(17,18)13-7-12(8-14-2)16(3)9-13/h7,9-11,14-15H,4-6,8H2,1-3H3. The molecule has 1 aromatic rings. The van der Waals surface area contributed by atoms with Crippen LogP contribution in [0, 0.1) is 5.92 Å². The number of sulfonamides is 1. The third-order valence-electron chi connectivity index (χ3n) is 3.77. The summed E-state index contributed by atoms with van der Waals surface area (Å²) in [5, 5.41) is 3.03. The molecule has 0 aliphatic heterocycles. The van der Waals surface area contributed by atoms with Gasteiger partial charge in [0.2, 0.25) is 10.0 Å². The van der Waals surface area contributed by atoms with Gasteiger partial charge in [-0.15, -0.1) is 0 Å². The van der Waals surface area contributed by atoms with Gasteiger partial charge < -0.3 is 9.88 Å². The summed E-state index contributed by atoms with van der Waals surface area (Å²) in [6.45, 7) is 2.83. The molecule has 0 saturated heterocycles. The van der Waals surface area contributed by atoms with Crippen molar-refractivity contribution in [3.8, 4) is 0 Å². The molecule has 2 atom stereocenters. The third kappa shape index (κ3) is 3.38. The molecule has 2 rings (SSSR count). The highest BCUT2D eigenvalue weighted by molar-refractivity contribution is 7.89. The molecule has 1 fully saturated rings. The van der Waals surface area contributed by atoms with Crippen molar-refractivity contribution in [2.75, 3.05) is 7.05 Å². The molecular formula is C13H23N3O2S. The number of nitrogens with zero attached hydrogens (tertiary/aromatic N) is 1. The van der Waals surface area contributed by atoms with E-state index in [0.717, 1.165) is 25.0 Å². The van der Waals surface area contributed by atoms with E-state index in [9.17, 15) is 8.42 Å². The zero-order valence-electron chi connectivity index (χ0n) is 11.8. The Balaban J connectivity index is 2.13. The summed E-state index contributed by atoms with van der Waals surface area (Å²) in [5.74, 6) is 0.614. The van der Waals surface area contributed by atoms with Gasteiger partial charge in [-0.3, -0.25) is 0 Å². The lowest BCUT2D eigenvalue weighted by molar-refractivity contribution is 0.538. The van der Waals surface area contributed by atoms with Gasteiger partial charge in [0, 0.05) is 31.5 Å². The smallest absolute Gasteiger partial charge is 0.242 e. The lowest BCUT2D eigenvalue weighted by Gasteiger charge is -2.11. The number of hydrogen-bond donors (Lipinski definition) is 2. The Hall–Kier alpha value is -0.850. The van der Waals surface area contributed by atoms with E-state index < -0.39 is 10.0 Å². The van der Waals surface area contributed by atoms with Crippen LogP contribution in [-0.4, -0.2) is 26.1 Å². The predicted molar refractivity (Wildman–Crippen MR) is 75.3 cm³/mol. The summed E-state index contributed by atoms with van der Waals surface area (Å²) in [6, 6.07) is 1.82. The van der Waals surface area contributed by atoms with Crippen molar-refractivity contribution in [3.05, 3.63) is 18.0 Å². The minimum absolute atomic E-state index is 0.0907. The van der Waals surface area contributed by atoms with E-state index >= 15 is 0 Å². The van der Waals surface area contributed by atoms with Crippen LogP contribution in [0.2, 0.25) is 0 Å². The number of nitrogens with one attached hydrogen (secondary N) is 2. The molecule has 0 radical (unpaired) electrons. The zero-order valence-corrected chi connectivity index (χ0v) is 12.6. The zero-order chi connectivity index (χ0) is 14.0. The molecule has 108 valence electrons. The number of rotatable bonds is 5. The molecule has 0 spiro atoms. The van der Waals surface area contributed by atoms with Crippen molar-refractivity contribution in [3.63, 3.8) is 0 Å². The molecule has 0 aromatic carbocycles. The van der Waals surface area contributed by atoms with E-state index in [1.165, 1.54) is 0 Å². The summed E-state index contributed by atoms with van der Waals surface area (Å²) >= 11 is 0. The Morgan fingerprint density at radius 3 is 2.74 bits per heavy atom. The van der Waals surface area contributed by atoms with Crippen molar-refractivity contribution in [2.45, 2.75) is 43.7 Å². The molecule has 0 amide bonds. The lowest BCUT2D eigenvalue weighted by Crippen LogP contribution is -2.32. The molecule has 1 heterocycles. The van der Waals surface area contributed by atoms with Gasteiger partial charge in [0.05, 0.1) is 4.90 Å². The van der Waals surface area contributed by atoms with Crippen molar-refractivity contribution >= 4 is 10.0 Å². The summed E-state index contributed by atoms with van der Waals surface area (Å²) < 4.78 is 29.3. The molecule has 1 aromatic heterocycles. The number of hydrogen-bond acceptors (Lipinski definition) is 3. The molecular weight excluding hydrogens is 262 g/mol. The summed E-state index contributed by atoms with van der Waals surface area (Å²) in [5.41, 5.74) is 0.961. The maximum atomic E-state index is 12.3. The molecule has 6 heteroatoms. The number of aromatic nitrogens is 1. The Labute approximate surface area is 115 Å². The average Bonchev–Trinajstić information content (AvgIpc) is 2.87. The van der Waals surface area contributed by atoms with E-state index in [1.54, 1.807) is 12.3 Å². The van der Waals surface area contributed by atoms with Crippen LogP contribution in [0.4, 0.5) is 0 Å². The van der Waals surface area contributed by atoms with Gasteiger partial charge in [-0.2, -0.15) is 0 Å². The van der Waals surface area contributed by atoms with Crippen LogP contribution in [-0.2, 0) is 23.6 Å². The third-order valence-corrected chi connectivity index (χ3v) is 5.26. The van der Waals surface area contributed by atoms with Crippen LogP contribution < -0.4 is 10.0 Å². The van der Waals surface area contributed by atoms with Gasteiger partial charge in [0.25, 0.3) is 0 Å².